The van der Waals surface area contributed by atoms with E-state index in [9.17, 15) is 9.59 Å². The lowest BCUT2D eigenvalue weighted by molar-refractivity contribution is -0.145. The second-order valence-electron chi connectivity index (χ2n) is 5.26. The SMILES string of the molecule is COc1ccc(CN2CC(=O)NC(=O)C2(C)C)cc1Br. The molecule has 1 aromatic rings. The van der Waals surface area contributed by atoms with Crippen LogP contribution in [0.15, 0.2) is 22.7 Å². The van der Waals surface area contributed by atoms with E-state index in [-0.39, 0.29) is 18.4 Å². The van der Waals surface area contributed by atoms with Crippen LogP contribution in [0.1, 0.15) is 19.4 Å². The van der Waals surface area contributed by atoms with E-state index in [2.05, 4.69) is 21.2 Å². The predicted octanol–water partition coefficient (Wildman–Crippen LogP) is 1.69. The maximum Gasteiger partial charge on any atom is 0.246 e. The van der Waals surface area contributed by atoms with Crippen molar-refractivity contribution in [1.82, 2.24) is 10.2 Å². The normalized spacial score (nSPS) is 18.8. The van der Waals surface area contributed by atoms with E-state index in [1.807, 2.05) is 36.9 Å². The molecule has 0 atom stereocenters. The van der Waals surface area contributed by atoms with Gasteiger partial charge in [0.25, 0.3) is 0 Å². The highest BCUT2D eigenvalue weighted by molar-refractivity contribution is 9.10. The smallest absolute Gasteiger partial charge is 0.246 e. The maximum atomic E-state index is 11.9. The fourth-order valence-corrected chi connectivity index (χ4v) is 2.70. The molecule has 1 aromatic carbocycles. The summed E-state index contributed by atoms with van der Waals surface area (Å²) in [5.41, 5.74) is 0.300. The van der Waals surface area contributed by atoms with Gasteiger partial charge in [0.1, 0.15) is 5.75 Å². The lowest BCUT2D eigenvalue weighted by Crippen LogP contribution is -2.63. The Balaban J connectivity index is 2.21. The highest BCUT2D eigenvalue weighted by atomic mass is 79.9. The molecule has 1 saturated heterocycles. The van der Waals surface area contributed by atoms with Crippen molar-refractivity contribution in [2.24, 2.45) is 0 Å². The number of hydrogen-bond acceptors (Lipinski definition) is 4. The lowest BCUT2D eigenvalue weighted by Gasteiger charge is -2.40. The second-order valence-corrected chi connectivity index (χ2v) is 6.12. The molecule has 0 saturated carbocycles. The second kappa shape index (κ2) is 5.54. The van der Waals surface area contributed by atoms with Gasteiger partial charge in [-0.1, -0.05) is 6.07 Å². The van der Waals surface area contributed by atoms with Crippen LogP contribution in [0.4, 0.5) is 0 Å². The highest BCUT2D eigenvalue weighted by Crippen LogP contribution is 2.28. The van der Waals surface area contributed by atoms with Crippen molar-refractivity contribution in [3.8, 4) is 5.75 Å². The van der Waals surface area contributed by atoms with Crippen LogP contribution in [-0.4, -0.2) is 35.9 Å². The lowest BCUT2D eigenvalue weighted by atomic mass is 9.98. The Morgan fingerprint density at radius 1 is 1.40 bits per heavy atom. The molecule has 2 rings (SSSR count). The zero-order valence-corrected chi connectivity index (χ0v) is 13.3. The van der Waals surface area contributed by atoms with Crippen molar-refractivity contribution in [1.29, 1.82) is 0 Å². The Hall–Kier alpha value is -1.40. The van der Waals surface area contributed by atoms with Gasteiger partial charge in [-0.2, -0.15) is 0 Å². The largest absolute Gasteiger partial charge is 0.496 e. The number of imide groups is 1. The summed E-state index contributed by atoms with van der Waals surface area (Å²) in [5.74, 6) is 0.226. The molecule has 6 heteroatoms. The number of amides is 2. The number of piperazine rings is 1. The minimum absolute atomic E-state index is 0.211. The Labute approximate surface area is 126 Å². The van der Waals surface area contributed by atoms with Gasteiger partial charge in [-0.3, -0.25) is 19.8 Å². The number of benzene rings is 1. The predicted molar refractivity (Wildman–Crippen MR) is 78.3 cm³/mol. The van der Waals surface area contributed by atoms with E-state index in [4.69, 9.17) is 4.74 Å². The summed E-state index contributed by atoms with van der Waals surface area (Å²) < 4.78 is 6.04. The molecule has 108 valence electrons. The number of carbonyl (C=O) groups excluding carboxylic acids is 2. The minimum Gasteiger partial charge on any atom is -0.496 e. The Bertz CT molecular complexity index is 557. The van der Waals surface area contributed by atoms with E-state index < -0.39 is 5.54 Å². The summed E-state index contributed by atoms with van der Waals surface area (Å²) in [6.07, 6.45) is 0. The average molecular weight is 341 g/mol. The van der Waals surface area contributed by atoms with Crippen LogP contribution < -0.4 is 10.1 Å². The molecule has 20 heavy (non-hydrogen) atoms. The van der Waals surface area contributed by atoms with Crippen LogP contribution in [0.2, 0.25) is 0 Å². The summed E-state index contributed by atoms with van der Waals surface area (Å²) in [5, 5.41) is 2.37. The van der Waals surface area contributed by atoms with Gasteiger partial charge >= 0.3 is 0 Å². The van der Waals surface area contributed by atoms with E-state index >= 15 is 0 Å². The Morgan fingerprint density at radius 3 is 2.70 bits per heavy atom. The summed E-state index contributed by atoms with van der Waals surface area (Å²) in [4.78, 5) is 25.3. The van der Waals surface area contributed by atoms with Gasteiger partial charge in [-0.05, 0) is 47.5 Å². The first-order valence-corrected chi connectivity index (χ1v) is 7.05. The highest BCUT2D eigenvalue weighted by Gasteiger charge is 2.40. The molecule has 0 unspecified atom stereocenters. The van der Waals surface area contributed by atoms with E-state index in [1.54, 1.807) is 7.11 Å². The van der Waals surface area contributed by atoms with Gasteiger partial charge in [0.05, 0.1) is 23.7 Å². The molecular weight excluding hydrogens is 324 g/mol. The van der Waals surface area contributed by atoms with Gasteiger partial charge in [-0.15, -0.1) is 0 Å². The molecule has 1 heterocycles. The molecule has 0 aliphatic carbocycles. The van der Waals surface area contributed by atoms with Crippen LogP contribution >= 0.6 is 15.9 Å². The number of nitrogens with one attached hydrogen (secondary N) is 1. The molecule has 1 N–H and O–H groups in total. The zero-order chi connectivity index (χ0) is 14.9. The summed E-state index contributed by atoms with van der Waals surface area (Å²) in [7, 11) is 1.61. The molecule has 1 aliphatic rings. The van der Waals surface area contributed by atoms with Crippen molar-refractivity contribution in [2.75, 3.05) is 13.7 Å². The van der Waals surface area contributed by atoms with Gasteiger partial charge in [0.15, 0.2) is 0 Å². The van der Waals surface area contributed by atoms with Gasteiger partial charge in [-0.25, -0.2) is 0 Å². The molecule has 0 aromatic heterocycles. The first kappa shape index (κ1) is 15.0. The molecular formula is C14H17BrN2O3. The van der Waals surface area contributed by atoms with E-state index in [1.165, 1.54) is 0 Å². The van der Waals surface area contributed by atoms with Crippen LogP contribution in [0, 0.1) is 0 Å². The summed E-state index contributed by atoms with van der Waals surface area (Å²) in [6, 6.07) is 5.72. The number of ether oxygens (including phenoxy) is 1. The van der Waals surface area contributed by atoms with Crippen LogP contribution in [-0.2, 0) is 16.1 Å². The fraction of sp³-hybridized carbons (Fsp3) is 0.429. The van der Waals surface area contributed by atoms with Crippen molar-refractivity contribution >= 4 is 27.7 Å². The van der Waals surface area contributed by atoms with E-state index in [0.717, 1.165) is 15.8 Å². The average Bonchev–Trinajstić information content (AvgIpc) is 2.36. The summed E-state index contributed by atoms with van der Waals surface area (Å²) >= 11 is 3.43. The van der Waals surface area contributed by atoms with E-state index in [0.29, 0.717) is 6.54 Å². The molecule has 0 bridgehead atoms. The van der Waals surface area contributed by atoms with Crippen molar-refractivity contribution in [3.05, 3.63) is 28.2 Å². The standard InChI is InChI=1S/C14H17BrN2O3/c1-14(2)13(19)16-12(18)8-17(14)7-9-4-5-11(20-3)10(15)6-9/h4-6H,7-8H2,1-3H3,(H,16,18,19). The first-order chi connectivity index (χ1) is 9.34. The van der Waals surface area contributed by atoms with Crippen molar-refractivity contribution in [3.63, 3.8) is 0 Å². The minimum atomic E-state index is -0.708. The number of halogens is 1. The molecule has 0 radical (unpaired) electrons. The third-order valence-electron chi connectivity index (χ3n) is 3.52. The third-order valence-corrected chi connectivity index (χ3v) is 4.14. The molecule has 0 spiro atoms. The quantitative estimate of drug-likeness (QED) is 0.851. The number of carbonyl (C=O) groups is 2. The molecule has 5 nitrogen and oxygen atoms in total. The monoisotopic (exact) mass is 340 g/mol. The van der Waals surface area contributed by atoms with Gasteiger partial charge < -0.3 is 4.74 Å². The van der Waals surface area contributed by atoms with Crippen LogP contribution in [0.5, 0.6) is 5.75 Å². The number of nitrogens with zero attached hydrogens (tertiary/aromatic N) is 1. The zero-order valence-electron chi connectivity index (χ0n) is 11.7. The molecule has 1 aliphatic heterocycles. The maximum absolute atomic E-state index is 11.9. The van der Waals surface area contributed by atoms with Gasteiger partial charge in [0, 0.05) is 6.54 Å². The summed E-state index contributed by atoms with van der Waals surface area (Å²) in [6.45, 7) is 4.36. The molecule has 2 amide bonds. The Kier molecular flexibility index (Phi) is 4.15. The van der Waals surface area contributed by atoms with Crippen LogP contribution in [0.3, 0.4) is 0 Å². The Morgan fingerprint density at radius 2 is 2.10 bits per heavy atom. The number of hydrogen-bond donors (Lipinski definition) is 1. The fourth-order valence-electron chi connectivity index (χ4n) is 2.12. The van der Waals surface area contributed by atoms with Crippen molar-refractivity contribution < 1.29 is 14.3 Å². The topological polar surface area (TPSA) is 58.6 Å². The number of methoxy groups -OCH3 is 1. The first-order valence-electron chi connectivity index (χ1n) is 6.26. The van der Waals surface area contributed by atoms with Crippen LogP contribution in [0.25, 0.3) is 0 Å². The number of rotatable bonds is 3. The van der Waals surface area contributed by atoms with Crippen molar-refractivity contribution in [2.45, 2.75) is 25.9 Å². The molecule has 1 fully saturated rings. The third kappa shape index (κ3) is 2.86. The van der Waals surface area contributed by atoms with Gasteiger partial charge in [0.2, 0.25) is 11.8 Å².